The Bertz CT molecular complexity index is 523. The number of carboxylic acids is 1. The van der Waals surface area contributed by atoms with Crippen molar-refractivity contribution in [2.75, 3.05) is 11.9 Å². The zero-order valence-electron chi connectivity index (χ0n) is 11.2. The molecule has 1 atom stereocenters. The number of carbonyl (C=O) groups excluding carboxylic acids is 1. The molecular formula is C14H17N3O3. The van der Waals surface area contributed by atoms with Gasteiger partial charge in [0.1, 0.15) is 0 Å². The third kappa shape index (κ3) is 5.40. The minimum Gasteiger partial charge on any atom is -0.481 e. The van der Waals surface area contributed by atoms with Gasteiger partial charge in [0, 0.05) is 12.2 Å². The number of aliphatic carboxylic acids is 1. The van der Waals surface area contributed by atoms with Crippen molar-refractivity contribution in [3.8, 4) is 6.07 Å². The highest BCUT2D eigenvalue weighted by Crippen LogP contribution is 2.09. The van der Waals surface area contributed by atoms with Crippen molar-refractivity contribution >= 4 is 17.7 Å². The standard InChI is InChI=1S/C14H17N3O3/c1-10(13(18)19)4-3-7-16-14(20)17-12-6-2-5-11(8-12)9-15/h2,5-6,8,10H,3-4,7H2,1H3,(H,18,19)(H2,16,17,20). The molecule has 0 radical (unpaired) electrons. The lowest BCUT2D eigenvalue weighted by Gasteiger charge is -2.09. The molecule has 20 heavy (non-hydrogen) atoms. The molecule has 0 fully saturated rings. The first-order chi connectivity index (χ1) is 9.52. The summed E-state index contributed by atoms with van der Waals surface area (Å²) in [6.07, 6.45) is 1.11. The van der Waals surface area contributed by atoms with Gasteiger partial charge >= 0.3 is 12.0 Å². The number of hydrogen-bond donors (Lipinski definition) is 3. The predicted octanol–water partition coefficient (Wildman–Crippen LogP) is 2.18. The van der Waals surface area contributed by atoms with Crippen LogP contribution in [-0.2, 0) is 4.79 Å². The van der Waals surface area contributed by atoms with Crippen molar-refractivity contribution in [2.24, 2.45) is 5.92 Å². The van der Waals surface area contributed by atoms with Crippen molar-refractivity contribution in [2.45, 2.75) is 19.8 Å². The molecule has 106 valence electrons. The summed E-state index contributed by atoms with van der Waals surface area (Å²) in [4.78, 5) is 22.2. The van der Waals surface area contributed by atoms with Crippen LogP contribution in [0.15, 0.2) is 24.3 Å². The van der Waals surface area contributed by atoms with Crippen molar-refractivity contribution in [3.05, 3.63) is 29.8 Å². The zero-order chi connectivity index (χ0) is 15.0. The van der Waals surface area contributed by atoms with Crippen LogP contribution in [0.2, 0.25) is 0 Å². The van der Waals surface area contributed by atoms with Gasteiger partial charge in [0.15, 0.2) is 0 Å². The van der Waals surface area contributed by atoms with Gasteiger partial charge in [-0.05, 0) is 31.0 Å². The number of nitrogens with zero attached hydrogens (tertiary/aromatic N) is 1. The Kier molecular flexibility index (Phi) is 6.04. The molecule has 0 heterocycles. The molecule has 1 rings (SSSR count). The van der Waals surface area contributed by atoms with Crippen LogP contribution in [0, 0.1) is 17.2 Å². The van der Waals surface area contributed by atoms with Gasteiger partial charge in [0.05, 0.1) is 17.6 Å². The van der Waals surface area contributed by atoms with Crippen LogP contribution in [0.5, 0.6) is 0 Å². The van der Waals surface area contributed by atoms with Crippen molar-refractivity contribution < 1.29 is 14.7 Å². The van der Waals surface area contributed by atoms with Gasteiger partial charge in [0.2, 0.25) is 0 Å². The summed E-state index contributed by atoms with van der Waals surface area (Å²) < 4.78 is 0. The van der Waals surface area contributed by atoms with Crippen LogP contribution >= 0.6 is 0 Å². The van der Waals surface area contributed by atoms with Crippen LogP contribution in [0.25, 0.3) is 0 Å². The van der Waals surface area contributed by atoms with Crippen LogP contribution < -0.4 is 10.6 Å². The lowest BCUT2D eigenvalue weighted by molar-refractivity contribution is -0.141. The number of carbonyl (C=O) groups is 2. The van der Waals surface area contributed by atoms with E-state index in [-0.39, 0.29) is 6.03 Å². The van der Waals surface area contributed by atoms with E-state index in [4.69, 9.17) is 10.4 Å². The van der Waals surface area contributed by atoms with Crippen molar-refractivity contribution in [1.29, 1.82) is 5.26 Å². The molecule has 1 aromatic carbocycles. The monoisotopic (exact) mass is 275 g/mol. The summed E-state index contributed by atoms with van der Waals surface area (Å²) in [6, 6.07) is 8.21. The minimum atomic E-state index is -0.831. The molecule has 2 amide bonds. The van der Waals surface area contributed by atoms with Crippen LogP contribution in [0.3, 0.4) is 0 Å². The summed E-state index contributed by atoms with van der Waals surface area (Å²) in [5.74, 6) is -1.24. The lowest BCUT2D eigenvalue weighted by Crippen LogP contribution is -2.29. The summed E-state index contributed by atoms with van der Waals surface area (Å²) in [5, 5.41) is 22.7. The van der Waals surface area contributed by atoms with Gasteiger partial charge < -0.3 is 15.7 Å². The maximum absolute atomic E-state index is 11.6. The normalized spacial score (nSPS) is 11.2. The zero-order valence-corrected chi connectivity index (χ0v) is 11.2. The molecule has 0 aliphatic carbocycles. The molecule has 0 bridgehead atoms. The molecule has 0 aliphatic heterocycles. The average Bonchev–Trinajstić information content (AvgIpc) is 2.43. The fourth-order valence-corrected chi connectivity index (χ4v) is 1.58. The molecule has 6 heteroatoms. The Balaban J connectivity index is 2.30. The van der Waals surface area contributed by atoms with E-state index < -0.39 is 11.9 Å². The molecule has 0 aromatic heterocycles. The first-order valence-electron chi connectivity index (χ1n) is 6.30. The largest absolute Gasteiger partial charge is 0.481 e. The number of benzene rings is 1. The molecule has 1 unspecified atom stereocenters. The second-order valence-electron chi connectivity index (χ2n) is 4.46. The fraction of sp³-hybridized carbons (Fsp3) is 0.357. The Labute approximate surface area is 117 Å². The van der Waals surface area contributed by atoms with E-state index in [9.17, 15) is 9.59 Å². The second-order valence-corrected chi connectivity index (χ2v) is 4.46. The van der Waals surface area contributed by atoms with Crippen LogP contribution in [0.4, 0.5) is 10.5 Å². The summed E-state index contributed by atoms with van der Waals surface area (Å²) in [6.45, 7) is 2.04. The van der Waals surface area contributed by atoms with Crippen molar-refractivity contribution in [3.63, 3.8) is 0 Å². The number of urea groups is 1. The van der Waals surface area contributed by atoms with E-state index in [0.717, 1.165) is 0 Å². The van der Waals surface area contributed by atoms with Gasteiger partial charge in [-0.2, -0.15) is 5.26 Å². The highest BCUT2D eigenvalue weighted by molar-refractivity contribution is 5.89. The van der Waals surface area contributed by atoms with Crippen LogP contribution in [-0.4, -0.2) is 23.7 Å². The maximum atomic E-state index is 11.6. The van der Waals surface area contributed by atoms with E-state index >= 15 is 0 Å². The lowest BCUT2D eigenvalue weighted by atomic mass is 10.1. The van der Waals surface area contributed by atoms with E-state index in [2.05, 4.69) is 10.6 Å². The number of anilines is 1. The molecule has 1 aromatic rings. The Hall–Kier alpha value is -2.55. The minimum absolute atomic E-state index is 0.372. The number of carboxylic acid groups (broad SMARTS) is 1. The van der Waals surface area contributed by atoms with E-state index in [1.165, 1.54) is 0 Å². The Morgan fingerprint density at radius 3 is 2.85 bits per heavy atom. The van der Waals surface area contributed by atoms with Gasteiger partial charge in [-0.25, -0.2) is 4.79 Å². The molecule has 0 saturated heterocycles. The predicted molar refractivity (Wildman–Crippen MR) is 74.2 cm³/mol. The summed E-state index contributed by atoms with van der Waals surface area (Å²) >= 11 is 0. The molecular weight excluding hydrogens is 258 g/mol. The number of rotatable bonds is 6. The van der Waals surface area contributed by atoms with Gasteiger partial charge in [-0.3, -0.25) is 4.79 Å². The van der Waals surface area contributed by atoms with E-state index in [0.29, 0.717) is 30.6 Å². The van der Waals surface area contributed by atoms with Crippen molar-refractivity contribution in [1.82, 2.24) is 5.32 Å². The number of hydrogen-bond acceptors (Lipinski definition) is 3. The molecule has 3 N–H and O–H groups in total. The first-order valence-corrected chi connectivity index (χ1v) is 6.30. The first kappa shape index (κ1) is 15.5. The van der Waals surface area contributed by atoms with E-state index in [1.807, 2.05) is 6.07 Å². The molecule has 6 nitrogen and oxygen atoms in total. The third-order valence-corrected chi connectivity index (χ3v) is 2.77. The van der Waals surface area contributed by atoms with Gasteiger partial charge in [-0.15, -0.1) is 0 Å². The Morgan fingerprint density at radius 2 is 2.20 bits per heavy atom. The highest BCUT2D eigenvalue weighted by atomic mass is 16.4. The van der Waals surface area contributed by atoms with Crippen LogP contribution in [0.1, 0.15) is 25.3 Å². The number of nitriles is 1. The number of nitrogens with one attached hydrogen (secondary N) is 2. The Morgan fingerprint density at radius 1 is 1.45 bits per heavy atom. The summed E-state index contributed by atoms with van der Waals surface area (Å²) in [7, 11) is 0. The molecule has 0 saturated carbocycles. The quantitative estimate of drug-likeness (QED) is 0.692. The number of amides is 2. The topological polar surface area (TPSA) is 102 Å². The van der Waals surface area contributed by atoms with E-state index in [1.54, 1.807) is 31.2 Å². The SMILES string of the molecule is CC(CCCNC(=O)Nc1cccc(C#N)c1)C(=O)O. The highest BCUT2D eigenvalue weighted by Gasteiger charge is 2.10. The maximum Gasteiger partial charge on any atom is 0.319 e. The van der Waals surface area contributed by atoms with Gasteiger partial charge in [0.25, 0.3) is 0 Å². The average molecular weight is 275 g/mol. The fourth-order valence-electron chi connectivity index (χ4n) is 1.58. The third-order valence-electron chi connectivity index (χ3n) is 2.77. The summed E-state index contributed by atoms with van der Waals surface area (Å²) in [5.41, 5.74) is 1.01. The molecule has 0 aliphatic rings. The van der Waals surface area contributed by atoms with Gasteiger partial charge in [-0.1, -0.05) is 13.0 Å². The smallest absolute Gasteiger partial charge is 0.319 e. The molecule has 0 spiro atoms. The second kappa shape index (κ2) is 7.79.